The monoisotopic (exact) mass is 1000 g/mol. The van der Waals surface area contributed by atoms with Crippen LogP contribution in [0.4, 0.5) is 5.13 Å². The molecule has 2 unspecified atom stereocenters. The number of nitrogens with zero attached hydrogens (tertiary/aromatic N) is 2. The Morgan fingerprint density at radius 1 is 0.653 bits per heavy atom. The Morgan fingerprint density at radius 2 is 1.21 bits per heavy atom. The van der Waals surface area contributed by atoms with Gasteiger partial charge in [-0.2, -0.15) is 5.10 Å². The Kier molecular flexibility index (Phi) is 22.4. The molecule has 5 aromatic rings. The number of para-hydroxylation sites is 1. The van der Waals surface area contributed by atoms with E-state index in [9.17, 15) is 28.8 Å². The molecule has 0 amide bonds. The minimum absolute atomic E-state index is 0.0268. The van der Waals surface area contributed by atoms with Crippen LogP contribution in [0.2, 0.25) is 0 Å². The molecule has 0 aliphatic carbocycles. The molecule has 0 aliphatic heterocycles. The number of ether oxygens (including phenoxy) is 8. The molecule has 5 rings (SSSR count). The highest BCUT2D eigenvalue weighted by atomic mass is 32.1. The summed E-state index contributed by atoms with van der Waals surface area (Å²) < 4.78 is 44.9. The summed E-state index contributed by atoms with van der Waals surface area (Å²) in [6.45, 7) is 13.9. The standard InChI is InChI=1S/C54H55N3O14S/c1-5-9-13-43(69-50(60)28-31-64-48(58)7-3)35-67-41-22-18-38(19-23-41)52(62)66-30-27-37-17-26-46(40(33-37)34-55-57-54-56-45-15-11-12-16-47(45)72-54)71-53(63)39-20-24-42(25-21-39)68-36-44(14-10-6-2)70-51(61)29-32-65-49(59)8-4/h5-8,11-12,15-26,33-34,43-44H,1-4,9-10,13-14,27-32,35-36H2,(H,56,57)/b55-34+. The minimum atomic E-state index is -0.653. The maximum atomic E-state index is 13.5. The van der Waals surface area contributed by atoms with Gasteiger partial charge in [0.2, 0.25) is 5.13 Å². The third-order valence-electron chi connectivity index (χ3n) is 10.0. The second-order valence-corrected chi connectivity index (χ2v) is 16.4. The highest BCUT2D eigenvalue weighted by molar-refractivity contribution is 7.22. The molecule has 72 heavy (non-hydrogen) atoms. The van der Waals surface area contributed by atoms with Crippen molar-refractivity contribution in [1.82, 2.24) is 4.98 Å². The fraction of sp³-hybridized carbons (Fsp3) is 0.259. The van der Waals surface area contributed by atoms with E-state index in [-0.39, 0.29) is 62.8 Å². The Balaban J connectivity index is 1.17. The fourth-order valence-electron chi connectivity index (χ4n) is 6.32. The average molecular weight is 1000 g/mol. The maximum Gasteiger partial charge on any atom is 0.343 e. The Bertz CT molecular complexity index is 2660. The summed E-state index contributed by atoms with van der Waals surface area (Å²) in [5.74, 6) is -2.52. The number of allylic oxidation sites excluding steroid dienone is 2. The third-order valence-corrected chi connectivity index (χ3v) is 11.0. The van der Waals surface area contributed by atoms with Gasteiger partial charge < -0.3 is 37.9 Å². The van der Waals surface area contributed by atoms with Gasteiger partial charge in [-0.15, -0.1) is 13.2 Å². The predicted octanol–water partition coefficient (Wildman–Crippen LogP) is 9.11. The first-order valence-corrected chi connectivity index (χ1v) is 23.6. The number of carbonyl (C=O) groups excluding carboxylic acids is 6. The van der Waals surface area contributed by atoms with E-state index in [1.807, 2.05) is 24.3 Å². The number of nitrogens with one attached hydrogen (secondary N) is 1. The van der Waals surface area contributed by atoms with E-state index in [0.29, 0.717) is 54.3 Å². The van der Waals surface area contributed by atoms with Crippen LogP contribution in [0, 0.1) is 0 Å². The summed E-state index contributed by atoms with van der Waals surface area (Å²) in [6, 6.07) is 25.4. The van der Waals surface area contributed by atoms with Crippen LogP contribution < -0.4 is 19.6 Å². The molecule has 18 heteroatoms. The number of hydrazone groups is 1. The van der Waals surface area contributed by atoms with Gasteiger partial charge in [0.15, 0.2) is 0 Å². The molecule has 376 valence electrons. The molecule has 0 saturated heterocycles. The van der Waals surface area contributed by atoms with E-state index in [0.717, 1.165) is 27.9 Å². The first kappa shape index (κ1) is 54.6. The van der Waals surface area contributed by atoms with E-state index < -0.39 is 48.0 Å². The highest BCUT2D eigenvalue weighted by Gasteiger charge is 2.19. The summed E-state index contributed by atoms with van der Waals surface area (Å²) >= 11 is 1.42. The zero-order chi connectivity index (χ0) is 51.5. The van der Waals surface area contributed by atoms with Crippen molar-refractivity contribution in [3.05, 3.63) is 164 Å². The predicted molar refractivity (Wildman–Crippen MR) is 270 cm³/mol. The molecule has 0 fully saturated rings. The van der Waals surface area contributed by atoms with Crippen molar-refractivity contribution in [2.75, 3.05) is 38.5 Å². The number of hydrogen-bond donors (Lipinski definition) is 1. The highest BCUT2D eigenvalue weighted by Crippen LogP contribution is 2.26. The van der Waals surface area contributed by atoms with E-state index in [1.165, 1.54) is 17.6 Å². The number of esters is 6. The van der Waals surface area contributed by atoms with Crippen LogP contribution in [0.5, 0.6) is 17.2 Å². The Morgan fingerprint density at radius 3 is 1.75 bits per heavy atom. The molecule has 0 aliphatic rings. The van der Waals surface area contributed by atoms with Crippen LogP contribution in [0.3, 0.4) is 0 Å². The van der Waals surface area contributed by atoms with Crippen LogP contribution in [0.15, 0.2) is 147 Å². The van der Waals surface area contributed by atoms with E-state index in [2.05, 4.69) is 41.8 Å². The topological polar surface area (TPSA) is 214 Å². The number of benzene rings is 4. The third kappa shape index (κ3) is 18.8. The van der Waals surface area contributed by atoms with Crippen molar-refractivity contribution in [1.29, 1.82) is 0 Å². The smallest absolute Gasteiger partial charge is 0.343 e. The summed E-state index contributed by atoms with van der Waals surface area (Å²) in [6.07, 6.45) is 7.84. The number of rotatable bonds is 31. The zero-order valence-electron chi connectivity index (χ0n) is 39.5. The van der Waals surface area contributed by atoms with Gasteiger partial charge in [-0.3, -0.25) is 15.0 Å². The molecule has 2 atom stereocenters. The number of hydrogen-bond acceptors (Lipinski definition) is 18. The molecular formula is C54H55N3O14S. The van der Waals surface area contributed by atoms with Gasteiger partial charge in [-0.1, -0.05) is 54.8 Å². The van der Waals surface area contributed by atoms with Crippen LogP contribution in [-0.4, -0.2) is 92.3 Å². The number of aromatic nitrogens is 1. The van der Waals surface area contributed by atoms with Crippen molar-refractivity contribution in [3.63, 3.8) is 0 Å². The van der Waals surface area contributed by atoms with Crippen molar-refractivity contribution in [3.8, 4) is 17.2 Å². The fourth-order valence-corrected chi connectivity index (χ4v) is 7.13. The molecule has 4 aromatic carbocycles. The maximum absolute atomic E-state index is 13.5. The largest absolute Gasteiger partial charge is 0.490 e. The minimum Gasteiger partial charge on any atom is -0.490 e. The average Bonchev–Trinajstić information content (AvgIpc) is 3.81. The van der Waals surface area contributed by atoms with Crippen LogP contribution in [0.25, 0.3) is 10.2 Å². The van der Waals surface area contributed by atoms with Gasteiger partial charge in [0.1, 0.15) is 55.9 Å². The summed E-state index contributed by atoms with van der Waals surface area (Å²) in [7, 11) is 0. The Hall–Kier alpha value is -8.38. The van der Waals surface area contributed by atoms with Gasteiger partial charge in [-0.25, -0.2) is 24.2 Å². The van der Waals surface area contributed by atoms with Crippen LogP contribution >= 0.6 is 11.3 Å². The SMILES string of the molecule is C=CCCC(COc1ccc(C(=O)OCCc2ccc(OC(=O)c3ccc(OCC(CCC=C)OC(=O)CCOC(=O)C=C)cc3)c(/C=N/Nc3nc4ccccc4s3)c2)cc1)OC(=O)CCOC(=O)C=C. The van der Waals surface area contributed by atoms with Gasteiger partial charge >= 0.3 is 35.8 Å². The quantitative estimate of drug-likeness (QED) is 0.00833. The van der Waals surface area contributed by atoms with E-state index in [4.69, 9.17) is 37.9 Å². The van der Waals surface area contributed by atoms with E-state index >= 15 is 0 Å². The van der Waals surface area contributed by atoms with Crippen LogP contribution in [-0.2, 0) is 49.3 Å². The molecule has 1 heterocycles. The van der Waals surface area contributed by atoms with E-state index in [1.54, 1.807) is 78.9 Å². The first-order valence-electron chi connectivity index (χ1n) is 22.8. The molecule has 17 nitrogen and oxygen atoms in total. The molecular weight excluding hydrogens is 947 g/mol. The molecule has 0 radical (unpaired) electrons. The molecule has 1 aromatic heterocycles. The summed E-state index contributed by atoms with van der Waals surface area (Å²) in [5, 5.41) is 4.94. The van der Waals surface area contributed by atoms with Gasteiger partial charge in [-0.05, 0) is 104 Å². The first-order chi connectivity index (χ1) is 35.0. The zero-order valence-corrected chi connectivity index (χ0v) is 40.4. The van der Waals surface area contributed by atoms with Crippen molar-refractivity contribution < 1.29 is 66.7 Å². The molecule has 1 N–H and O–H groups in total. The molecule has 0 spiro atoms. The number of thiazole rings is 1. The van der Waals surface area contributed by atoms with Crippen molar-refractivity contribution in [2.24, 2.45) is 5.10 Å². The normalized spacial score (nSPS) is 11.6. The van der Waals surface area contributed by atoms with Gasteiger partial charge in [0, 0.05) is 24.1 Å². The lowest BCUT2D eigenvalue weighted by molar-refractivity contribution is -0.154. The molecule has 0 bridgehead atoms. The summed E-state index contributed by atoms with van der Waals surface area (Å²) in [5.41, 5.74) is 5.49. The summed E-state index contributed by atoms with van der Waals surface area (Å²) in [4.78, 5) is 78.3. The van der Waals surface area contributed by atoms with Crippen LogP contribution in [0.1, 0.15) is 70.4 Å². The molecule has 0 saturated carbocycles. The Labute approximate surface area is 420 Å². The number of fused-ring (bicyclic) bond motifs is 1. The lowest BCUT2D eigenvalue weighted by atomic mass is 10.1. The lowest BCUT2D eigenvalue weighted by Gasteiger charge is -2.18. The van der Waals surface area contributed by atoms with Crippen molar-refractivity contribution >= 4 is 68.7 Å². The number of carbonyl (C=O) groups is 6. The second-order valence-electron chi connectivity index (χ2n) is 15.4. The second kappa shape index (κ2) is 29.6. The van der Waals surface area contributed by atoms with Gasteiger partial charge in [0.25, 0.3) is 0 Å². The lowest BCUT2D eigenvalue weighted by Crippen LogP contribution is -2.26. The van der Waals surface area contributed by atoms with Gasteiger partial charge in [0.05, 0.1) is 47.0 Å². The number of anilines is 1. The van der Waals surface area contributed by atoms with Crippen molar-refractivity contribution in [2.45, 2.75) is 57.2 Å².